The van der Waals surface area contributed by atoms with Gasteiger partial charge in [-0.2, -0.15) is 0 Å². The minimum Gasteiger partial charge on any atom is -0.495 e. The van der Waals surface area contributed by atoms with E-state index >= 15 is 0 Å². The van der Waals surface area contributed by atoms with Crippen molar-refractivity contribution in [1.82, 2.24) is 9.62 Å². The summed E-state index contributed by atoms with van der Waals surface area (Å²) < 4.78 is 46.1. The Hall–Kier alpha value is -3.55. The fraction of sp³-hybridized carbons (Fsp3) is 0.600. The average Bonchev–Trinajstić information content (AvgIpc) is 3.00. The molecule has 2 heterocycles. The van der Waals surface area contributed by atoms with Crippen molar-refractivity contribution in [3.63, 3.8) is 0 Å². The number of rotatable bonds is 7. The van der Waals surface area contributed by atoms with Gasteiger partial charge >= 0.3 is 12.2 Å². The largest absolute Gasteiger partial charge is 0.495 e. The van der Waals surface area contributed by atoms with Gasteiger partial charge in [0.2, 0.25) is 10.0 Å². The number of hydrogen-bond acceptors (Lipinski definition) is 9. The molecule has 0 radical (unpaired) electrons. The van der Waals surface area contributed by atoms with E-state index in [2.05, 4.69) is 22.0 Å². The van der Waals surface area contributed by atoms with Crippen LogP contribution >= 0.6 is 0 Å². The van der Waals surface area contributed by atoms with Crippen LogP contribution in [-0.4, -0.2) is 82.8 Å². The van der Waals surface area contributed by atoms with E-state index in [1.165, 1.54) is 16.1 Å². The lowest BCUT2D eigenvalue weighted by Gasteiger charge is -2.30. The molecule has 0 saturated carbocycles. The van der Waals surface area contributed by atoms with Gasteiger partial charge in [0.25, 0.3) is 0 Å². The van der Waals surface area contributed by atoms with Crippen LogP contribution in [0.25, 0.3) is 0 Å². The van der Waals surface area contributed by atoms with Gasteiger partial charge in [-0.1, -0.05) is 12.1 Å². The quantitative estimate of drug-likeness (QED) is 0.289. The van der Waals surface area contributed by atoms with Gasteiger partial charge in [-0.05, 0) is 128 Å². The Morgan fingerprint density at radius 2 is 1.12 bits per heavy atom. The number of hydrogen-bond donors (Lipinski definition) is 3. The molecule has 268 valence electrons. The third kappa shape index (κ3) is 12.5. The highest BCUT2D eigenvalue weighted by Gasteiger charge is 2.27. The molecule has 0 atom stereocenters. The zero-order chi connectivity index (χ0) is 35.7. The van der Waals surface area contributed by atoms with E-state index in [4.69, 9.17) is 18.9 Å². The summed E-state index contributed by atoms with van der Waals surface area (Å²) in [5.74, 6) is 2.03. The van der Waals surface area contributed by atoms with Crippen LogP contribution in [-0.2, 0) is 19.5 Å². The molecule has 2 saturated heterocycles. The molecule has 13 heteroatoms. The standard InChI is InChI=1S/C18H28N2O5S.C17H26N2O3/c1-18(2,3)25-17(21)19-15-7-6-14(12-16(15)24-4)13-8-10-20(11-9-13)26(5,22)23;1-17(2,3)22-16(20)19-14-6-5-13(11-15(14)21-4)12-7-9-18-10-8-12/h6-7,12-13H,8-11H2,1-5H3,(H,19,21);5-6,11-12,18H,7-10H2,1-4H3,(H,19,20). The first-order chi connectivity index (χ1) is 22.4. The van der Waals surface area contributed by atoms with Crippen LogP contribution in [0.4, 0.5) is 21.0 Å². The number of carbonyl (C=O) groups excluding carboxylic acids is 2. The van der Waals surface area contributed by atoms with E-state index in [1.54, 1.807) is 41.1 Å². The van der Waals surface area contributed by atoms with E-state index in [9.17, 15) is 18.0 Å². The molecule has 0 aliphatic carbocycles. The molecule has 48 heavy (non-hydrogen) atoms. The maximum absolute atomic E-state index is 12.0. The highest BCUT2D eigenvalue weighted by molar-refractivity contribution is 7.88. The Kier molecular flexibility index (Phi) is 13.5. The molecule has 2 aromatic rings. The van der Waals surface area contributed by atoms with Crippen molar-refractivity contribution in [2.45, 2.75) is 90.3 Å². The second-order valence-corrected chi connectivity index (χ2v) is 16.1. The van der Waals surface area contributed by atoms with Gasteiger partial charge in [-0.3, -0.25) is 10.6 Å². The molecule has 3 N–H and O–H groups in total. The predicted molar refractivity (Wildman–Crippen MR) is 189 cm³/mol. The lowest BCUT2D eigenvalue weighted by atomic mass is 9.90. The summed E-state index contributed by atoms with van der Waals surface area (Å²) in [5, 5.41) is 8.82. The lowest BCUT2D eigenvalue weighted by molar-refractivity contribution is 0.0624. The smallest absolute Gasteiger partial charge is 0.412 e. The van der Waals surface area contributed by atoms with E-state index in [-0.39, 0.29) is 5.92 Å². The molecule has 2 fully saturated rings. The van der Waals surface area contributed by atoms with Crippen LogP contribution in [0.1, 0.15) is 90.2 Å². The summed E-state index contributed by atoms with van der Waals surface area (Å²) >= 11 is 0. The van der Waals surface area contributed by atoms with Crippen LogP contribution in [0.5, 0.6) is 11.5 Å². The molecule has 0 bridgehead atoms. The average molecular weight is 691 g/mol. The van der Waals surface area contributed by atoms with Gasteiger partial charge in [-0.15, -0.1) is 0 Å². The number of methoxy groups -OCH3 is 2. The minimum absolute atomic E-state index is 0.262. The minimum atomic E-state index is -3.13. The van der Waals surface area contributed by atoms with Crippen LogP contribution < -0.4 is 25.4 Å². The van der Waals surface area contributed by atoms with Crippen molar-refractivity contribution in [3.8, 4) is 11.5 Å². The Morgan fingerprint density at radius 1 is 0.729 bits per heavy atom. The topological polar surface area (TPSA) is 145 Å². The van der Waals surface area contributed by atoms with Crippen LogP contribution in [0.2, 0.25) is 0 Å². The van der Waals surface area contributed by atoms with Gasteiger partial charge in [0.1, 0.15) is 22.7 Å². The van der Waals surface area contributed by atoms with E-state index in [0.29, 0.717) is 41.9 Å². The van der Waals surface area contributed by atoms with Gasteiger partial charge in [0, 0.05) is 13.1 Å². The van der Waals surface area contributed by atoms with Gasteiger partial charge < -0.3 is 24.3 Å². The summed E-state index contributed by atoms with van der Waals surface area (Å²) in [6.07, 6.45) is 4.01. The lowest BCUT2D eigenvalue weighted by Crippen LogP contribution is -2.37. The molecule has 2 aromatic carbocycles. The molecule has 0 aromatic heterocycles. The molecule has 4 rings (SSSR count). The highest BCUT2D eigenvalue weighted by atomic mass is 32.2. The number of nitrogens with one attached hydrogen (secondary N) is 3. The zero-order valence-electron chi connectivity index (χ0n) is 29.9. The Labute approximate surface area is 286 Å². The number of piperidine rings is 2. The van der Waals surface area contributed by atoms with Crippen molar-refractivity contribution in [2.75, 3.05) is 57.3 Å². The molecule has 12 nitrogen and oxygen atoms in total. The summed E-state index contributed by atoms with van der Waals surface area (Å²) in [7, 11) is 0.0278. The summed E-state index contributed by atoms with van der Waals surface area (Å²) in [6, 6.07) is 11.6. The number of amides is 2. The predicted octanol–water partition coefficient (Wildman–Crippen LogP) is 6.69. The number of carbonyl (C=O) groups is 2. The van der Waals surface area contributed by atoms with Crippen molar-refractivity contribution >= 4 is 33.6 Å². The van der Waals surface area contributed by atoms with Crippen LogP contribution in [0, 0.1) is 0 Å². The van der Waals surface area contributed by atoms with Gasteiger partial charge in [0.15, 0.2) is 0 Å². The van der Waals surface area contributed by atoms with E-state index < -0.39 is 33.4 Å². The number of nitrogens with zero attached hydrogens (tertiary/aromatic N) is 1. The first-order valence-electron chi connectivity index (χ1n) is 16.4. The molecule has 0 unspecified atom stereocenters. The number of sulfonamides is 1. The Bertz CT molecular complexity index is 1490. The van der Waals surface area contributed by atoms with Crippen molar-refractivity contribution in [1.29, 1.82) is 0 Å². The zero-order valence-corrected chi connectivity index (χ0v) is 30.7. The van der Waals surface area contributed by atoms with Gasteiger partial charge in [0.05, 0.1) is 31.9 Å². The molecule has 0 spiro atoms. The monoisotopic (exact) mass is 690 g/mol. The van der Waals surface area contributed by atoms with Crippen LogP contribution in [0.3, 0.4) is 0 Å². The molecular weight excluding hydrogens is 636 g/mol. The van der Waals surface area contributed by atoms with Gasteiger partial charge in [-0.25, -0.2) is 22.3 Å². The first-order valence-corrected chi connectivity index (χ1v) is 18.2. The highest BCUT2D eigenvalue weighted by Crippen LogP contribution is 2.35. The van der Waals surface area contributed by atoms with Crippen molar-refractivity contribution < 1.29 is 37.0 Å². The summed E-state index contributed by atoms with van der Waals surface area (Å²) in [4.78, 5) is 23.8. The Morgan fingerprint density at radius 3 is 1.48 bits per heavy atom. The fourth-order valence-electron chi connectivity index (χ4n) is 5.63. The van der Waals surface area contributed by atoms with Crippen LogP contribution in [0.15, 0.2) is 36.4 Å². The molecule has 2 aliphatic rings. The maximum Gasteiger partial charge on any atom is 0.412 e. The van der Waals surface area contributed by atoms with E-state index in [0.717, 1.165) is 44.3 Å². The molecule has 2 amide bonds. The summed E-state index contributed by atoms with van der Waals surface area (Å²) in [6.45, 7) is 14.0. The second kappa shape index (κ2) is 16.7. The molecule has 2 aliphatic heterocycles. The van der Waals surface area contributed by atoms with Crippen molar-refractivity contribution in [2.24, 2.45) is 0 Å². The fourth-order valence-corrected chi connectivity index (χ4v) is 6.51. The van der Waals surface area contributed by atoms with E-state index in [1.807, 2.05) is 45.0 Å². The second-order valence-electron chi connectivity index (χ2n) is 14.1. The number of ether oxygens (including phenoxy) is 4. The summed E-state index contributed by atoms with van der Waals surface area (Å²) in [5.41, 5.74) is 2.41. The first kappa shape index (κ1) is 38.9. The normalized spacial score (nSPS) is 16.6. The SMILES string of the molecule is COc1cc(C2CCN(S(C)(=O)=O)CC2)ccc1NC(=O)OC(C)(C)C.COc1cc(C2CCNCC2)ccc1NC(=O)OC(C)(C)C. The maximum atomic E-state index is 12.0. The third-order valence-electron chi connectivity index (χ3n) is 7.93. The number of anilines is 2. The Balaban J connectivity index is 0.000000264. The number of benzene rings is 2. The van der Waals surface area contributed by atoms with Crippen molar-refractivity contribution in [3.05, 3.63) is 47.5 Å². The molecular formula is C35H54N4O8S. The third-order valence-corrected chi connectivity index (χ3v) is 9.23.